The molecule has 1 unspecified atom stereocenters. The Bertz CT molecular complexity index is 611. The quantitative estimate of drug-likeness (QED) is 0.876. The van der Waals surface area contributed by atoms with E-state index >= 15 is 0 Å². The average molecular weight is 367 g/mol. The van der Waals surface area contributed by atoms with Crippen molar-refractivity contribution in [2.45, 2.75) is 57.5 Å². The first-order valence-corrected chi connectivity index (χ1v) is 9.44. The number of nitrogens with one attached hydrogen (secondary N) is 1. The first kappa shape index (κ1) is 18.7. The van der Waals surface area contributed by atoms with Crippen molar-refractivity contribution in [3.63, 3.8) is 0 Å². The van der Waals surface area contributed by atoms with Gasteiger partial charge >= 0.3 is 0 Å². The molecular weight excluding hydrogens is 339 g/mol. The zero-order valence-corrected chi connectivity index (χ0v) is 15.5. The van der Waals surface area contributed by atoms with Crippen molar-refractivity contribution < 1.29 is 9.18 Å². The highest BCUT2D eigenvalue weighted by atomic mass is 35.5. The Morgan fingerprint density at radius 3 is 2.64 bits per heavy atom. The Morgan fingerprint density at radius 2 is 1.96 bits per heavy atom. The molecule has 1 heterocycles. The fourth-order valence-electron chi connectivity index (χ4n) is 4.81. The minimum atomic E-state index is -0.215. The van der Waals surface area contributed by atoms with E-state index in [0.717, 1.165) is 50.8 Å². The maximum atomic E-state index is 13.5. The molecule has 3 aliphatic rings. The third kappa shape index (κ3) is 3.85. The fourth-order valence-corrected chi connectivity index (χ4v) is 4.81. The number of hydrogen-bond acceptors (Lipinski definition) is 2. The van der Waals surface area contributed by atoms with Gasteiger partial charge in [-0.2, -0.15) is 0 Å². The summed E-state index contributed by atoms with van der Waals surface area (Å²) >= 11 is 0. The molecule has 1 saturated heterocycles. The monoisotopic (exact) mass is 366 g/mol. The van der Waals surface area contributed by atoms with Gasteiger partial charge < -0.3 is 10.2 Å². The Hall–Kier alpha value is -1.13. The minimum Gasteiger partial charge on any atom is -0.335 e. The van der Waals surface area contributed by atoms with Crippen molar-refractivity contribution >= 4 is 18.3 Å². The highest BCUT2D eigenvalue weighted by Gasteiger charge is 2.59. The van der Waals surface area contributed by atoms with Crippen molar-refractivity contribution in [1.82, 2.24) is 10.2 Å². The van der Waals surface area contributed by atoms with E-state index in [-0.39, 0.29) is 29.6 Å². The van der Waals surface area contributed by atoms with Crippen LogP contribution in [0.1, 0.15) is 50.5 Å². The van der Waals surface area contributed by atoms with Gasteiger partial charge in [-0.3, -0.25) is 4.79 Å². The topological polar surface area (TPSA) is 32.3 Å². The number of hydrogen-bond donors (Lipinski definition) is 1. The lowest BCUT2D eigenvalue weighted by molar-refractivity contribution is -0.136. The molecule has 25 heavy (non-hydrogen) atoms. The zero-order valence-electron chi connectivity index (χ0n) is 14.7. The van der Waals surface area contributed by atoms with E-state index in [9.17, 15) is 9.18 Å². The Labute approximate surface area is 155 Å². The van der Waals surface area contributed by atoms with Crippen LogP contribution in [-0.2, 0) is 11.3 Å². The van der Waals surface area contributed by atoms with Crippen LogP contribution in [0.25, 0.3) is 0 Å². The Balaban J connectivity index is 0.00000182. The summed E-state index contributed by atoms with van der Waals surface area (Å²) in [6.45, 7) is 2.64. The van der Waals surface area contributed by atoms with Gasteiger partial charge in [-0.15, -0.1) is 12.4 Å². The summed E-state index contributed by atoms with van der Waals surface area (Å²) in [6.07, 6.45) is 7.92. The first-order valence-electron chi connectivity index (χ1n) is 9.44. The summed E-state index contributed by atoms with van der Waals surface area (Å²) in [4.78, 5) is 15.4. The molecule has 3 nitrogen and oxygen atoms in total. The fraction of sp³-hybridized carbons (Fsp3) is 0.650. The minimum absolute atomic E-state index is 0. The Kier molecular flexibility index (Phi) is 5.69. The normalized spacial score (nSPS) is 24.8. The molecule has 1 aliphatic heterocycles. The van der Waals surface area contributed by atoms with Crippen LogP contribution in [0.15, 0.2) is 24.3 Å². The molecule has 0 radical (unpaired) electrons. The van der Waals surface area contributed by atoms with Gasteiger partial charge in [0.15, 0.2) is 0 Å². The molecule has 1 aromatic rings. The van der Waals surface area contributed by atoms with E-state index in [1.54, 1.807) is 12.1 Å². The molecular formula is C20H28ClFN2O. The molecule has 1 amide bonds. The second-order valence-electron chi connectivity index (χ2n) is 7.90. The third-order valence-electron chi connectivity index (χ3n) is 6.38. The molecule has 4 rings (SSSR count). The second-order valence-corrected chi connectivity index (χ2v) is 7.90. The first-order chi connectivity index (χ1) is 11.7. The molecule has 3 fully saturated rings. The maximum absolute atomic E-state index is 13.5. The average Bonchev–Trinajstić information content (AvgIpc) is 3.03. The summed E-state index contributed by atoms with van der Waals surface area (Å²) in [7, 11) is 0. The van der Waals surface area contributed by atoms with Gasteiger partial charge in [-0.25, -0.2) is 4.39 Å². The summed E-state index contributed by atoms with van der Waals surface area (Å²) < 4.78 is 13.5. The van der Waals surface area contributed by atoms with Gasteiger partial charge in [0, 0.05) is 18.5 Å². The van der Waals surface area contributed by atoms with E-state index in [0.29, 0.717) is 18.5 Å². The molecule has 138 valence electrons. The lowest BCUT2D eigenvalue weighted by Gasteiger charge is -2.31. The number of nitrogens with zero attached hydrogens (tertiary/aromatic N) is 1. The van der Waals surface area contributed by atoms with Crippen LogP contribution in [-0.4, -0.2) is 29.9 Å². The van der Waals surface area contributed by atoms with Crippen LogP contribution >= 0.6 is 12.4 Å². The second kappa shape index (κ2) is 7.63. The number of rotatable bonds is 4. The predicted octanol–water partition coefficient (Wildman–Crippen LogP) is 3.91. The SMILES string of the molecule is Cl.O=C(C1CC12CCNCC2)N(Cc1cccc(F)c1)C1CCCC1. The highest BCUT2D eigenvalue weighted by molar-refractivity contribution is 5.85. The Morgan fingerprint density at radius 1 is 1.24 bits per heavy atom. The van der Waals surface area contributed by atoms with Gasteiger partial charge in [0.2, 0.25) is 5.91 Å². The molecule has 1 spiro atoms. The van der Waals surface area contributed by atoms with Crippen molar-refractivity contribution in [3.05, 3.63) is 35.6 Å². The molecule has 0 bridgehead atoms. The largest absolute Gasteiger partial charge is 0.335 e. The van der Waals surface area contributed by atoms with Crippen LogP contribution in [0.3, 0.4) is 0 Å². The van der Waals surface area contributed by atoms with Gasteiger partial charge in [-0.1, -0.05) is 25.0 Å². The van der Waals surface area contributed by atoms with Crippen molar-refractivity contribution in [2.75, 3.05) is 13.1 Å². The van der Waals surface area contributed by atoms with Crippen LogP contribution < -0.4 is 5.32 Å². The van der Waals surface area contributed by atoms with Crippen LogP contribution in [0.4, 0.5) is 4.39 Å². The van der Waals surface area contributed by atoms with E-state index in [4.69, 9.17) is 0 Å². The van der Waals surface area contributed by atoms with Gasteiger partial charge in [0.25, 0.3) is 0 Å². The summed E-state index contributed by atoms with van der Waals surface area (Å²) in [5.41, 5.74) is 1.18. The third-order valence-corrected chi connectivity index (χ3v) is 6.38. The number of piperidine rings is 1. The van der Waals surface area contributed by atoms with Crippen molar-refractivity contribution in [2.24, 2.45) is 11.3 Å². The predicted molar refractivity (Wildman–Crippen MR) is 99.1 cm³/mol. The van der Waals surface area contributed by atoms with Gasteiger partial charge in [0.1, 0.15) is 5.82 Å². The number of amides is 1. The molecule has 1 N–H and O–H groups in total. The molecule has 1 aromatic carbocycles. The highest BCUT2D eigenvalue weighted by Crippen LogP contribution is 2.59. The molecule has 2 aliphatic carbocycles. The van der Waals surface area contributed by atoms with E-state index in [1.165, 1.54) is 18.9 Å². The summed E-state index contributed by atoms with van der Waals surface area (Å²) in [6, 6.07) is 7.07. The number of benzene rings is 1. The number of halogens is 2. The summed E-state index contributed by atoms with van der Waals surface area (Å²) in [5, 5.41) is 3.40. The summed E-state index contributed by atoms with van der Waals surface area (Å²) in [5.74, 6) is 0.314. The smallest absolute Gasteiger partial charge is 0.226 e. The van der Waals surface area contributed by atoms with E-state index < -0.39 is 0 Å². The number of carbonyl (C=O) groups excluding carboxylic acids is 1. The lowest BCUT2D eigenvalue weighted by Crippen LogP contribution is -2.41. The van der Waals surface area contributed by atoms with Crippen molar-refractivity contribution in [1.29, 1.82) is 0 Å². The molecule has 5 heteroatoms. The van der Waals surface area contributed by atoms with E-state index in [2.05, 4.69) is 10.2 Å². The standard InChI is InChI=1S/C20H27FN2O.ClH/c21-16-5-3-4-15(12-16)14-23(17-6-1-2-7-17)19(24)18-13-20(18)8-10-22-11-9-20;/h3-5,12,17-18,22H,1-2,6-11,13-14H2;1H. The van der Waals surface area contributed by atoms with Crippen LogP contribution in [0.5, 0.6) is 0 Å². The number of carbonyl (C=O) groups is 1. The van der Waals surface area contributed by atoms with Gasteiger partial charge in [0.05, 0.1) is 0 Å². The molecule has 1 atom stereocenters. The van der Waals surface area contributed by atoms with Crippen LogP contribution in [0.2, 0.25) is 0 Å². The zero-order chi connectivity index (χ0) is 16.6. The van der Waals surface area contributed by atoms with Crippen molar-refractivity contribution in [3.8, 4) is 0 Å². The molecule has 0 aromatic heterocycles. The van der Waals surface area contributed by atoms with Crippen LogP contribution in [0, 0.1) is 17.2 Å². The lowest BCUT2D eigenvalue weighted by atomic mass is 9.91. The maximum Gasteiger partial charge on any atom is 0.226 e. The molecule has 2 saturated carbocycles. The van der Waals surface area contributed by atoms with E-state index in [1.807, 2.05) is 6.07 Å². The van der Waals surface area contributed by atoms with Gasteiger partial charge in [-0.05, 0) is 68.3 Å².